The van der Waals surface area contributed by atoms with Crippen LogP contribution in [0.4, 0.5) is 0 Å². The van der Waals surface area contributed by atoms with Crippen LogP contribution in [-0.2, 0) is 27.5 Å². The Labute approximate surface area is 194 Å². The average Bonchev–Trinajstić information content (AvgIpc) is 3.36. The van der Waals surface area contributed by atoms with Crippen LogP contribution < -0.4 is 4.74 Å². The first kappa shape index (κ1) is 21.9. The lowest BCUT2D eigenvalue weighted by Gasteiger charge is -2.27. The summed E-state index contributed by atoms with van der Waals surface area (Å²) in [6.45, 7) is 4.13. The summed E-state index contributed by atoms with van der Waals surface area (Å²) in [5, 5.41) is 2.76. The second-order valence-corrected chi connectivity index (χ2v) is 9.25. The van der Waals surface area contributed by atoms with E-state index in [1.54, 1.807) is 18.2 Å². The van der Waals surface area contributed by atoms with Gasteiger partial charge in [-0.15, -0.1) is 11.3 Å². The number of Topliss-reactive ketones (excluding diaryl/α,β-unsaturated/α-hetero) is 2. The number of ketones is 2. The van der Waals surface area contributed by atoms with Crippen molar-refractivity contribution < 1.29 is 28.7 Å². The Hall–Kier alpha value is -2.95. The molecule has 1 aliphatic carbocycles. The van der Waals surface area contributed by atoms with Gasteiger partial charge in [-0.1, -0.05) is 6.07 Å². The van der Waals surface area contributed by atoms with Crippen LogP contribution in [0.1, 0.15) is 50.7 Å². The van der Waals surface area contributed by atoms with Gasteiger partial charge < -0.3 is 9.47 Å². The van der Waals surface area contributed by atoms with Crippen molar-refractivity contribution in [3.05, 3.63) is 45.4 Å². The van der Waals surface area contributed by atoms with E-state index < -0.39 is 17.9 Å². The predicted molar refractivity (Wildman–Crippen MR) is 117 cm³/mol. The van der Waals surface area contributed by atoms with Crippen molar-refractivity contribution in [1.82, 2.24) is 14.8 Å². The van der Waals surface area contributed by atoms with Crippen molar-refractivity contribution in [2.45, 2.75) is 38.5 Å². The molecule has 1 aromatic heterocycles. The molecule has 0 bridgehead atoms. The van der Waals surface area contributed by atoms with E-state index in [-0.39, 0.29) is 54.3 Å². The first-order valence-corrected chi connectivity index (χ1v) is 11.8. The predicted octanol–water partition coefficient (Wildman–Crippen LogP) is 1.84. The van der Waals surface area contributed by atoms with Crippen LogP contribution in [0.25, 0.3) is 0 Å². The lowest BCUT2D eigenvalue weighted by molar-refractivity contribution is -0.132. The summed E-state index contributed by atoms with van der Waals surface area (Å²) in [4.78, 5) is 57.9. The maximum absolute atomic E-state index is 13.2. The Bertz CT molecular complexity index is 1120. The highest BCUT2D eigenvalue weighted by Gasteiger charge is 2.45. The molecular weight excluding hydrogens is 446 g/mol. The number of ether oxygens (including phenoxy) is 2. The van der Waals surface area contributed by atoms with Crippen molar-refractivity contribution in [1.29, 1.82) is 0 Å². The van der Waals surface area contributed by atoms with Crippen LogP contribution in [0.15, 0.2) is 23.6 Å². The van der Waals surface area contributed by atoms with E-state index in [0.717, 1.165) is 48.4 Å². The largest absolute Gasteiger partial charge is 0.486 e. The van der Waals surface area contributed by atoms with E-state index in [9.17, 15) is 19.2 Å². The van der Waals surface area contributed by atoms with E-state index in [0.29, 0.717) is 0 Å². The number of nitrogens with zero attached hydrogens (tertiary/aromatic N) is 3. The molecule has 1 saturated carbocycles. The number of hydrogen-bond donors (Lipinski definition) is 0. The topological polar surface area (TPSA) is 106 Å². The molecule has 1 atom stereocenters. The highest BCUT2D eigenvalue weighted by molar-refractivity contribution is 7.09. The number of rotatable bonds is 6. The van der Waals surface area contributed by atoms with Gasteiger partial charge in [-0.25, -0.2) is 4.98 Å². The molecule has 0 radical (unpaired) electrons. The van der Waals surface area contributed by atoms with Crippen molar-refractivity contribution in [3.8, 4) is 5.75 Å². The molecule has 5 rings (SSSR count). The second-order valence-electron chi connectivity index (χ2n) is 8.31. The van der Waals surface area contributed by atoms with E-state index in [2.05, 4.69) is 9.88 Å². The fraction of sp³-hybridized carbons (Fsp3) is 0.435. The van der Waals surface area contributed by atoms with Crippen LogP contribution >= 0.6 is 11.3 Å². The summed E-state index contributed by atoms with van der Waals surface area (Å²) in [7, 11) is 0. The molecule has 1 saturated heterocycles. The lowest BCUT2D eigenvalue weighted by atomic mass is 9.92. The van der Waals surface area contributed by atoms with Crippen LogP contribution in [0.5, 0.6) is 5.75 Å². The molecule has 33 heavy (non-hydrogen) atoms. The molecule has 9 nitrogen and oxygen atoms in total. The van der Waals surface area contributed by atoms with Crippen molar-refractivity contribution >= 4 is 34.7 Å². The second kappa shape index (κ2) is 9.12. The summed E-state index contributed by atoms with van der Waals surface area (Å²) in [6, 6.07) is 3.96. The molecule has 1 unspecified atom stereocenters. The number of aromatic nitrogens is 1. The van der Waals surface area contributed by atoms with Gasteiger partial charge in [0.15, 0.2) is 5.78 Å². The molecule has 2 amide bonds. The summed E-state index contributed by atoms with van der Waals surface area (Å²) in [6.07, 6.45) is 0.118. The molecule has 0 N–H and O–H groups in total. The number of thiazole rings is 1. The summed E-state index contributed by atoms with van der Waals surface area (Å²) in [5.74, 6) is -1.33. The Morgan fingerprint density at radius 2 is 1.94 bits per heavy atom. The third-order valence-electron chi connectivity index (χ3n) is 6.10. The Balaban J connectivity index is 1.29. The smallest absolute Gasteiger partial charge is 0.266 e. The quantitative estimate of drug-likeness (QED) is 0.466. The highest BCUT2D eigenvalue weighted by atomic mass is 32.1. The van der Waals surface area contributed by atoms with E-state index in [1.807, 2.05) is 5.38 Å². The van der Waals surface area contributed by atoms with Crippen LogP contribution in [0.3, 0.4) is 0 Å². The lowest BCUT2D eigenvalue weighted by Crippen LogP contribution is -2.47. The number of fused-ring (bicyclic) bond motifs is 1. The Kier molecular flexibility index (Phi) is 6.05. The molecule has 3 aliphatic rings. The number of carbonyl (C=O) groups excluding carboxylic acids is 4. The highest BCUT2D eigenvalue weighted by Crippen LogP contribution is 2.34. The minimum absolute atomic E-state index is 0.159. The molecule has 2 fully saturated rings. The third-order valence-corrected chi connectivity index (χ3v) is 6.97. The van der Waals surface area contributed by atoms with Crippen LogP contribution in [0, 0.1) is 0 Å². The van der Waals surface area contributed by atoms with E-state index >= 15 is 0 Å². The zero-order valence-corrected chi connectivity index (χ0v) is 18.8. The number of morpholine rings is 1. The minimum atomic E-state index is -0.898. The van der Waals surface area contributed by atoms with Crippen molar-refractivity contribution in [2.24, 2.45) is 0 Å². The number of amides is 2. The Morgan fingerprint density at radius 1 is 1.12 bits per heavy atom. The minimum Gasteiger partial charge on any atom is -0.486 e. The van der Waals surface area contributed by atoms with E-state index in [1.165, 1.54) is 11.3 Å². The third kappa shape index (κ3) is 4.33. The Morgan fingerprint density at radius 3 is 2.73 bits per heavy atom. The van der Waals surface area contributed by atoms with E-state index in [4.69, 9.17) is 9.47 Å². The van der Waals surface area contributed by atoms with Gasteiger partial charge in [0.05, 0.1) is 42.5 Å². The molecule has 0 spiro atoms. The first-order chi connectivity index (χ1) is 16.0. The van der Waals surface area contributed by atoms with Crippen LogP contribution in [-0.4, -0.2) is 70.5 Å². The van der Waals surface area contributed by atoms with Crippen molar-refractivity contribution in [2.75, 3.05) is 26.3 Å². The SMILES string of the molecule is O=C1CCC(N2C(=O)c3cccc(OCc4nc(CN5CCOCC5)cs4)c3C2=O)C(=O)C1. The fourth-order valence-corrected chi connectivity index (χ4v) is 5.12. The zero-order chi connectivity index (χ0) is 22.9. The molecule has 2 aliphatic heterocycles. The molecular formula is C23H23N3O6S. The summed E-state index contributed by atoms with van der Waals surface area (Å²) < 4.78 is 11.3. The van der Waals surface area contributed by atoms with Crippen LogP contribution in [0.2, 0.25) is 0 Å². The fourth-order valence-electron chi connectivity index (χ4n) is 4.42. The monoisotopic (exact) mass is 469 g/mol. The molecule has 2 aromatic rings. The first-order valence-electron chi connectivity index (χ1n) is 10.9. The van der Waals surface area contributed by atoms with Gasteiger partial charge in [0.1, 0.15) is 23.1 Å². The van der Waals surface area contributed by atoms with Gasteiger partial charge in [0, 0.05) is 31.4 Å². The van der Waals surface area contributed by atoms with Gasteiger partial charge in [0.2, 0.25) is 0 Å². The summed E-state index contributed by atoms with van der Waals surface area (Å²) >= 11 is 1.48. The van der Waals surface area contributed by atoms with Gasteiger partial charge in [0.25, 0.3) is 11.8 Å². The van der Waals surface area contributed by atoms with Gasteiger partial charge in [-0.05, 0) is 18.6 Å². The number of imide groups is 1. The zero-order valence-electron chi connectivity index (χ0n) is 18.0. The van der Waals surface area contributed by atoms with Gasteiger partial charge >= 0.3 is 0 Å². The van der Waals surface area contributed by atoms with Gasteiger partial charge in [-0.3, -0.25) is 29.0 Å². The number of hydrogen-bond acceptors (Lipinski definition) is 9. The molecule has 1 aromatic carbocycles. The maximum atomic E-state index is 13.2. The summed E-state index contributed by atoms with van der Waals surface area (Å²) in [5.41, 5.74) is 1.34. The average molecular weight is 470 g/mol. The normalized spacial score (nSPS) is 21.6. The molecule has 3 heterocycles. The maximum Gasteiger partial charge on any atom is 0.266 e. The standard InChI is InChI=1S/C23H23N3O6S/c27-15-4-5-17(18(28)10-15)26-22(29)16-2-1-3-19(21(16)23(26)30)32-12-20-24-14(13-33-20)11-25-6-8-31-9-7-25/h1-3,13,17H,4-12H2. The van der Waals surface area contributed by atoms with Gasteiger partial charge in [-0.2, -0.15) is 0 Å². The molecule has 172 valence electrons. The number of carbonyl (C=O) groups is 4. The number of benzene rings is 1. The molecule has 10 heteroatoms. The van der Waals surface area contributed by atoms with Crippen molar-refractivity contribution in [3.63, 3.8) is 0 Å².